The van der Waals surface area contributed by atoms with E-state index in [4.69, 9.17) is 10.1 Å². The molecule has 0 bridgehead atoms. The Bertz CT molecular complexity index is 1140. The molecule has 0 saturated carbocycles. The molecular weight excluding hydrogens is 402 g/mol. The maximum Gasteiger partial charge on any atom is 0.254 e. The molecule has 2 aliphatic heterocycles. The van der Waals surface area contributed by atoms with E-state index in [1.807, 2.05) is 33.7 Å². The molecule has 0 radical (unpaired) electrons. The van der Waals surface area contributed by atoms with E-state index in [2.05, 4.69) is 24.9 Å². The number of aliphatic hydroxyl groups is 1. The number of aryl methyl sites for hydroxylation is 1. The zero-order chi connectivity index (χ0) is 22.2. The van der Waals surface area contributed by atoms with E-state index in [9.17, 15) is 9.90 Å². The van der Waals surface area contributed by atoms with Crippen LogP contribution in [0.3, 0.4) is 0 Å². The van der Waals surface area contributed by atoms with Crippen LogP contribution >= 0.6 is 0 Å². The van der Waals surface area contributed by atoms with Gasteiger partial charge in [-0.15, -0.1) is 0 Å². The number of carbonyl (C=O) groups is 1. The minimum atomic E-state index is -0.143. The van der Waals surface area contributed by atoms with Crippen LogP contribution in [-0.4, -0.2) is 50.1 Å². The molecule has 2 fully saturated rings. The third-order valence-electron chi connectivity index (χ3n) is 6.87. The van der Waals surface area contributed by atoms with Gasteiger partial charge in [0, 0.05) is 43.0 Å². The second-order valence-corrected chi connectivity index (χ2v) is 9.28. The van der Waals surface area contributed by atoms with Crippen LogP contribution in [0.1, 0.15) is 65.8 Å². The normalized spacial score (nSPS) is 21.5. The van der Waals surface area contributed by atoms with Crippen molar-refractivity contribution in [1.29, 1.82) is 0 Å². The molecule has 7 nitrogen and oxygen atoms in total. The van der Waals surface area contributed by atoms with Gasteiger partial charge in [-0.2, -0.15) is 5.10 Å². The molecule has 7 heteroatoms. The van der Waals surface area contributed by atoms with Gasteiger partial charge in [-0.1, -0.05) is 25.1 Å². The van der Waals surface area contributed by atoms with Gasteiger partial charge in [0.25, 0.3) is 5.91 Å². The van der Waals surface area contributed by atoms with Gasteiger partial charge in [0.15, 0.2) is 5.65 Å². The van der Waals surface area contributed by atoms with E-state index in [-0.39, 0.29) is 18.6 Å². The van der Waals surface area contributed by atoms with E-state index in [1.54, 1.807) is 6.07 Å². The topological polar surface area (TPSA) is 74.0 Å². The number of anilines is 1. The van der Waals surface area contributed by atoms with E-state index in [0.29, 0.717) is 23.6 Å². The Hall–Kier alpha value is -2.93. The number of benzene rings is 1. The van der Waals surface area contributed by atoms with Crippen molar-refractivity contribution in [2.45, 2.75) is 52.2 Å². The number of nitrogens with zero attached hydrogens (tertiary/aromatic N) is 5. The Labute approximate surface area is 188 Å². The predicted molar refractivity (Wildman–Crippen MR) is 124 cm³/mol. The Morgan fingerprint density at radius 3 is 2.81 bits per heavy atom. The number of likely N-dealkylation sites (tertiary alicyclic amines) is 1. The first-order chi connectivity index (χ1) is 15.5. The second-order valence-electron chi connectivity index (χ2n) is 9.28. The first-order valence-corrected chi connectivity index (χ1v) is 11.7. The van der Waals surface area contributed by atoms with Gasteiger partial charge in [-0.05, 0) is 50.2 Å². The monoisotopic (exact) mass is 433 g/mol. The molecule has 0 spiro atoms. The molecule has 2 atom stereocenters. The van der Waals surface area contributed by atoms with Crippen molar-refractivity contribution >= 4 is 17.4 Å². The molecule has 1 aromatic carbocycles. The molecule has 0 aliphatic carbocycles. The quantitative estimate of drug-likeness (QED) is 0.678. The van der Waals surface area contributed by atoms with Gasteiger partial charge in [-0.3, -0.25) is 4.79 Å². The molecule has 1 N–H and O–H groups in total. The number of aliphatic hydroxyl groups excluding tert-OH is 1. The summed E-state index contributed by atoms with van der Waals surface area (Å²) >= 11 is 0. The van der Waals surface area contributed by atoms with Crippen LogP contribution in [0.25, 0.3) is 5.65 Å². The Morgan fingerprint density at radius 2 is 2.03 bits per heavy atom. The average molecular weight is 434 g/mol. The summed E-state index contributed by atoms with van der Waals surface area (Å²) in [6.07, 6.45) is 6.18. The molecule has 5 rings (SSSR count). The van der Waals surface area contributed by atoms with Crippen LogP contribution in [0.5, 0.6) is 0 Å². The highest BCUT2D eigenvalue weighted by Gasteiger charge is 2.32. The third kappa shape index (κ3) is 3.75. The van der Waals surface area contributed by atoms with E-state index >= 15 is 0 Å². The molecule has 2 aliphatic rings. The van der Waals surface area contributed by atoms with Crippen molar-refractivity contribution in [3.05, 3.63) is 58.9 Å². The molecular formula is C25H31N5O2. The predicted octanol–water partition coefficient (Wildman–Crippen LogP) is 3.74. The minimum Gasteiger partial charge on any atom is -0.392 e. The van der Waals surface area contributed by atoms with Crippen molar-refractivity contribution in [3.8, 4) is 0 Å². The number of carbonyl (C=O) groups excluding carboxylic acids is 1. The summed E-state index contributed by atoms with van der Waals surface area (Å²) < 4.78 is 1.85. The maximum atomic E-state index is 13.4. The number of hydrogen-bond donors (Lipinski definition) is 1. The zero-order valence-corrected chi connectivity index (χ0v) is 18.9. The molecule has 2 aromatic heterocycles. The molecule has 32 heavy (non-hydrogen) atoms. The summed E-state index contributed by atoms with van der Waals surface area (Å²) in [4.78, 5) is 22.7. The van der Waals surface area contributed by atoms with Gasteiger partial charge >= 0.3 is 0 Å². The summed E-state index contributed by atoms with van der Waals surface area (Å²) in [5.41, 5.74) is 4.07. The highest BCUT2D eigenvalue weighted by Crippen LogP contribution is 2.33. The lowest BCUT2D eigenvalue weighted by Crippen LogP contribution is -2.39. The number of fused-ring (bicyclic) bond motifs is 1. The fraction of sp³-hybridized carbons (Fsp3) is 0.480. The minimum absolute atomic E-state index is 0.0349. The van der Waals surface area contributed by atoms with Crippen molar-refractivity contribution in [2.75, 3.05) is 24.5 Å². The highest BCUT2D eigenvalue weighted by atomic mass is 16.3. The number of piperidine rings is 1. The number of rotatable bonds is 4. The van der Waals surface area contributed by atoms with Crippen LogP contribution in [0.15, 0.2) is 36.5 Å². The Balaban J connectivity index is 1.48. The van der Waals surface area contributed by atoms with Crippen molar-refractivity contribution in [1.82, 2.24) is 19.5 Å². The highest BCUT2D eigenvalue weighted by molar-refractivity contribution is 5.96. The standard InChI is InChI=1S/C25H31N5O2/c1-17-10-12-28(14-17)24-18(2)15-30-23(26-24)13-21(27-30)22-9-5-6-11-29(22)25(32)20-8-4-3-7-19(20)16-31/h3-4,7-8,13,15,17,22,31H,5-6,9-12,14,16H2,1-2H3/t17-,22-/m0/s1. The second kappa shape index (κ2) is 8.54. The third-order valence-corrected chi connectivity index (χ3v) is 6.87. The molecule has 2 saturated heterocycles. The van der Waals surface area contributed by atoms with E-state index < -0.39 is 0 Å². The summed E-state index contributed by atoms with van der Waals surface area (Å²) in [5, 5.41) is 14.5. The van der Waals surface area contributed by atoms with Crippen LogP contribution < -0.4 is 4.90 Å². The van der Waals surface area contributed by atoms with E-state index in [0.717, 1.165) is 55.1 Å². The Kier molecular flexibility index (Phi) is 5.59. The number of aromatic nitrogens is 3. The molecule has 0 unspecified atom stereocenters. The van der Waals surface area contributed by atoms with E-state index in [1.165, 1.54) is 6.42 Å². The van der Waals surface area contributed by atoms with Crippen molar-refractivity contribution in [3.63, 3.8) is 0 Å². The molecule has 1 amide bonds. The fourth-order valence-electron chi connectivity index (χ4n) is 5.13. The van der Waals surface area contributed by atoms with Crippen molar-refractivity contribution < 1.29 is 9.90 Å². The number of hydrogen-bond acceptors (Lipinski definition) is 5. The summed E-state index contributed by atoms with van der Waals surface area (Å²) in [6, 6.07) is 9.27. The van der Waals surface area contributed by atoms with Gasteiger partial charge in [0.05, 0.1) is 18.3 Å². The first-order valence-electron chi connectivity index (χ1n) is 11.7. The molecule has 4 heterocycles. The molecule has 3 aromatic rings. The summed E-state index contributed by atoms with van der Waals surface area (Å²) in [5.74, 6) is 1.70. The van der Waals surface area contributed by atoms with Gasteiger partial charge in [-0.25, -0.2) is 9.50 Å². The SMILES string of the molecule is Cc1cn2nc([C@@H]3CCCCN3C(=O)c3ccccc3CO)cc2nc1N1CC[C@H](C)C1. The van der Waals surface area contributed by atoms with Crippen LogP contribution in [0, 0.1) is 12.8 Å². The average Bonchev–Trinajstić information content (AvgIpc) is 3.43. The zero-order valence-electron chi connectivity index (χ0n) is 18.9. The maximum absolute atomic E-state index is 13.4. The first kappa shape index (κ1) is 20.9. The smallest absolute Gasteiger partial charge is 0.254 e. The van der Waals surface area contributed by atoms with Crippen LogP contribution in [0.4, 0.5) is 5.82 Å². The lowest BCUT2D eigenvalue weighted by Gasteiger charge is -2.35. The van der Waals surface area contributed by atoms with Crippen LogP contribution in [0.2, 0.25) is 0 Å². The fourth-order valence-corrected chi connectivity index (χ4v) is 5.13. The summed E-state index contributed by atoms with van der Waals surface area (Å²) in [6.45, 7) is 7.01. The van der Waals surface area contributed by atoms with Gasteiger partial charge in [0.2, 0.25) is 0 Å². The van der Waals surface area contributed by atoms with Crippen LogP contribution in [-0.2, 0) is 6.61 Å². The Morgan fingerprint density at radius 1 is 1.19 bits per heavy atom. The lowest BCUT2D eigenvalue weighted by molar-refractivity contribution is 0.0602. The van der Waals surface area contributed by atoms with Crippen molar-refractivity contribution in [2.24, 2.45) is 5.92 Å². The summed E-state index contributed by atoms with van der Waals surface area (Å²) in [7, 11) is 0. The van der Waals surface area contributed by atoms with Gasteiger partial charge in [0.1, 0.15) is 5.82 Å². The number of amides is 1. The largest absolute Gasteiger partial charge is 0.392 e. The lowest BCUT2D eigenvalue weighted by atomic mass is 9.97. The van der Waals surface area contributed by atoms with Gasteiger partial charge < -0.3 is 14.9 Å². The molecule has 168 valence electrons.